The Morgan fingerprint density at radius 1 is 1.19 bits per heavy atom. The van der Waals surface area contributed by atoms with Gasteiger partial charge in [-0.3, -0.25) is 4.72 Å². The number of aromatic amines is 1. The average molecular weight is 485 g/mol. The number of rotatable bonds is 5. The van der Waals surface area contributed by atoms with Crippen LogP contribution in [0.2, 0.25) is 0 Å². The predicted octanol–water partition coefficient (Wildman–Crippen LogP) is 3.11. The zero-order valence-corrected chi connectivity index (χ0v) is 16.3. The van der Waals surface area contributed by atoms with E-state index in [9.17, 15) is 34.8 Å². The van der Waals surface area contributed by atoms with Crippen LogP contribution in [-0.4, -0.2) is 45.2 Å². The number of aromatic nitrogens is 4. The van der Waals surface area contributed by atoms with Gasteiger partial charge >= 0.3 is 18.3 Å². The molecule has 0 unspecified atom stereocenters. The maximum absolute atomic E-state index is 12.6. The van der Waals surface area contributed by atoms with E-state index >= 15 is 0 Å². The number of nitrogens with one attached hydrogen (secondary N) is 2. The van der Waals surface area contributed by atoms with E-state index in [-0.39, 0.29) is 5.82 Å². The van der Waals surface area contributed by atoms with E-state index in [1.165, 1.54) is 12.3 Å². The highest BCUT2D eigenvalue weighted by molar-refractivity contribution is 7.92. The first kappa shape index (κ1) is 24.7. The fourth-order valence-electron chi connectivity index (χ4n) is 2.06. The van der Waals surface area contributed by atoms with Crippen molar-refractivity contribution in [3.63, 3.8) is 0 Å². The second-order valence-electron chi connectivity index (χ2n) is 5.94. The minimum absolute atomic E-state index is 0.00383. The number of H-pyrrole nitrogens is 1. The first-order valence-electron chi connectivity index (χ1n) is 8.17. The van der Waals surface area contributed by atoms with Crippen LogP contribution in [0.15, 0.2) is 54.2 Å². The van der Waals surface area contributed by atoms with Gasteiger partial charge < -0.3 is 14.7 Å². The van der Waals surface area contributed by atoms with Gasteiger partial charge in [-0.15, -0.1) is 0 Å². The second kappa shape index (κ2) is 9.29. The molecule has 0 fully saturated rings. The Balaban J connectivity index is 0.000000451. The molecule has 0 aliphatic carbocycles. The van der Waals surface area contributed by atoms with Crippen LogP contribution < -0.4 is 4.72 Å². The number of sulfonamides is 1. The van der Waals surface area contributed by atoms with Crippen molar-refractivity contribution >= 4 is 21.8 Å². The standard InChI is InChI=1S/C14H12F3N5O2S.C2HF3O2/c15-14(16,17)12-5-11(7-19-12)25(23,24)21-13-2-1-10(6-20-13)8-22-4-3-18-9-22;3-2(4,5)1(6)7/h1-7,9,19H,8H2,(H,20,21);(H,6,7). The van der Waals surface area contributed by atoms with Crippen molar-refractivity contribution in [1.29, 1.82) is 0 Å². The Hall–Kier alpha value is -3.56. The van der Waals surface area contributed by atoms with Crippen molar-refractivity contribution in [2.45, 2.75) is 23.8 Å². The molecule has 9 nitrogen and oxygen atoms in total. The van der Waals surface area contributed by atoms with Gasteiger partial charge in [-0.05, 0) is 17.7 Å². The number of carboxylic acid groups (broad SMARTS) is 1. The van der Waals surface area contributed by atoms with E-state index in [4.69, 9.17) is 9.90 Å². The first-order chi connectivity index (χ1) is 14.7. The molecule has 0 bridgehead atoms. The first-order valence-corrected chi connectivity index (χ1v) is 9.66. The molecule has 0 aromatic carbocycles. The van der Waals surface area contributed by atoms with Gasteiger partial charge in [0.15, 0.2) is 0 Å². The van der Waals surface area contributed by atoms with Crippen LogP contribution in [0.4, 0.5) is 32.2 Å². The number of aliphatic carboxylic acids is 1. The summed E-state index contributed by atoms with van der Waals surface area (Å²) in [6.45, 7) is 0.507. The van der Waals surface area contributed by atoms with Crippen molar-refractivity contribution in [3.8, 4) is 0 Å². The molecule has 3 aromatic rings. The maximum Gasteiger partial charge on any atom is 0.490 e. The van der Waals surface area contributed by atoms with Gasteiger partial charge in [-0.1, -0.05) is 6.07 Å². The van der Waals surface area contributed by atoms with E-state index in [0.29, 0.717) is 12.6 Å². The molecule has 0 radical (unpaired) electrons. The highest BCUT2D eigenvalue weighted by atomic mass is 32.2. The number of carboxylic acids is 1. The van der Waals surface area contributed by atoms with E-state index in [0.717, 1.165) is 11.8 Å². The maximum atomic E-state index is 12.6. The van der Waals surface area contributed by atoms with Gasteiger partial charge in [0.05, 0.1) is 6.33 Å². The van der Waals surface area contributed by atoms with Gasteiger partial charge in [0.2, 0.25) is 0 Å². The van der Waals surface area contributed by atoms with Gasteiger partial charge in [-0.25, -0.2) is 23.2 Å². The van der Waals surface area contributed by atoms with E-state index < -0.39 is 38.9 Å². The third kappa shape index (κ3) is 7.00. The Kier molecular flexibility index (Phi) is 7.17. The molecule has 0 amide bonds. The number of nitrogens with zero attached hydrogens (tertiary/aromatic N) is 3. The average Bonchev–Trinajstić information content (AvgIpc) is 3.34. The molecule has 174 valence electrons. The number of hydrogen-bond acceptors (Lipinski definition) is 5. The van der Waals surface area contributed by atoms with Gasteiger partial charge in [0.1, 0.15) is 16.4 Å². The molecule has 0 saturated heterocycles. The summed E-state index contributed by atoms with van der Waals surface area (Å²) in [6.07, 6.45) is -2.47. The summed E-state index contributed by atoms with van der Waals surface area (Å²) in [5, 5.41) is 7.12. The number of alkyl halides is 6. The third-order valence-corrected chi connectivity index (χ3v) is 4.84. The summed E-state index contributed by atoms with van der Waals surface area (Å²) < 4.78 is 97.6. The van der Waals surface area contributed by atoms with Gasteiger partial charge in [0, 0.05) is 31.3 Å². The van der Waals surface area contributed by atoms with Crippen LogP contribution in [0, 0.1) is 0 Å². The van der Waals surface area contributed by atoms with Crippen LogP contribution in [0.5, 0.6) is 0 Å². The number of anilines is 1. The summed E-state index contributed by atoms with van der Waals surface area (Å²) in [5.74, 6) is -2.75. The molecule has 0 saturated carbocycles. The number of imidazole rings is 1. The fourth-order valence-corrected chi connectivity index (χ4v) is 3.06. The smallest absolute Gasteiger partial charge is 0.475 e. The van der Waals surface area contributed by atoms with Crippen LogP contribution in [0.3, 0.4) is 0 Å². The van der Waals surface area contributed by atoms with Crippen LogP contribution in [-0.2, 0) is 27.5 Å². The van der Waals surface area contributed by atoms with Crippen molar-refractivity contribution in [1.82, 2.24) is 19.5 Å². The minimum atomic E-state index is -5.08. The molecule has 3 aromatic heterocycles. The Morgan fingerprint density at radius 2 is 1.84 bits per heavy atom. The topological polar surface area (TPSA) is 130 Å². The SMILES string of the molecule is O=C(O)C(F)(F)F.O=S(=O)(Nc1ccc(Cn2ccnc2)cn1)c1c[nH]c(C(F)(F)F)c1. The minimum Gasteiger partial charge on any atom is -0.475 e. The number of hydrogen-bond donors (Lipinski definition) is 3. The monoisotopic (exact) mass is 485 g/mol. The van der Waals surface area contributed by atoms with Crippen molar-refractivity contribution in [2.24, 2.45) is 0 Å². The van der Waals surface area contributed by atoms with Crippen molar-refractivity contribution in [3.05, 3.63) is 60.6 Å². The zero-order chi connectivity index (χ0) is 24.2. The van der Waals surface area contributed by atoms with Gasteiger partial charge in [0.25, 0.3) is 10.0 Å². The Morgan fingerprint density at radius 3 is 2.28 bits per heavy atom. The lowest BCUT2D eigenvalue weighted by Crippen LogP contribution is -2.21. The summed E-state index contributed by atoms with van der Waals surface area (Å²) in [5.41, 5.74) is -0.335. The normalized spacial score (nSPS) is 12.1. The van der Waals surface area contributed by atoms with E-state index in [2.05, 4.69) is 14.7 Å². The van der Waals surface area contributed by atoms with Crippen LogP contribution >= 0.6 is 0 Å². The van der Waals surface area contributed by atoms with E-state index in [1.807, 2.05) is 4.98 Å². The third-order valence-electron chi connectivity index (χ3n) is 3.50. The molecule has 32 heavy (non-hydrogen) atoms. The van der Waals surface area contributed by atoms with Crippen LogP contribution in [0.1, 0.15) is 11.3 Å². The van der Waals surface area contributed by atoms with Crippen LogP contribution in [0.25, 0.3) is 0 Å². The summed E-state index contributed by atoms with van der Waals surface area (Å²) in [6, 6.07) is 3.61. The fraction of sp³-hybridized carbons (Fsp3) is 0.188. The molecule has 0 aliphatic heterocycles. The molecular formula is C16H13F6N5O4S. The lowest BCUT2D eigenvalue weighted by Gasteiger charge is -2.07. The highest BCUT2D eigenvalue weighted by Gasteiger charge is 2.38. The molecule has 0 atom stereocenters. The molecule has 16 heteroatoms. The lowest BCUT2D eigenvalue weighted by molar-refractivity contribution is -0.192. The molecule has 0 aliphatic rings. The number of carbonyl (C=O) groups is 1. The summed E-state index contributed by atoms with van der Waals surface area (Å²) in [7, 11) is -4.17. The van der Waals surface area contributed by atoms with E-state index in [1.54, 1.807) is 29.4 Å². The summed E-state index contributed by atoms with van der Waals surface area (Å²) in [4.78, 5) is 18.1. The van der Waals surface area contributed by atoms with Crippen molar-refractivity contribution < 1.29 is 44.7 Å². The second-order valence-corrected chi connectivity index (χ2v) is 7.62. The van der Waals surface area contributed by atoms with Crippen molar-refractivity contribution in [2.75, 3.05) is 4.72 Å². The number of halogens is 6. The molecule has 3 N–H and O–H groups in total. The highest BCUT2D eigenvalue weighted by Crippen LogP contribution is 2.30. The lowest BCUT2D eigenvalue weighted by atomic mass is 10.3. The predicted molar refractivity (Wildman–Crippen MR) is 95.9 cm³/mol. The zero-order valence-electron chi connectivity index (χ0n) is 15.5. The van der Waals surface area contributed by atoms with Gasteiger partial charge in [-0.2, -0.15) is 26.3 Å². The quantitative estimate of drug-likeness (QED) is 0.476. The Labute approximate surface area is 175 Å². The molecular weight excluding hydrogens is 472 g/mol. The molecule has 0 spiro atoms. The molecule has 3 rings (SSSR count). The largest absolute Gasteiger partial charge is 0.490 e. The summed E-state index contributed by atoms with van der Waals surface area (Å²) >= 11 is 0. The Bertz CT molecular complexity index is 1140. The number of pyridine rings is 1. The molecule has 3 heterocycles.